The van der Waals surface area contributed by atoms with Crippen LogP contribution in [0.15, 0.2) is 36.7 Å². The van der Waals surface area contributed by atoms with E-state index < -0.39 is 0 Å². The summed E-state index contributed by atoms with van der Waals surface area (Å²) < 4.78 is 0. The molecule has 1 fully saturated rings. The minimum atomic E-state index is 0.373. The van der Waals surface area contributed by atoms with Crippen molar-refractivity contribution in [1.29, 1.82) is 0 Å². The van der Waals surface area contributed by atoms with Crippen LogP contribution in [-0.2, 0) is 12.8 Å². The molecular weight excluding hydrogens is 274 g/mol. The van der Waals surface area contributed by atoms with Gasteiger partial charge in [0, 0.05) is 18.8 Å². The average molecular weight is 299 g/mol. The predicted octanol–water partition coefficient (Wildman–Crippen LogP) is 3.15. The molecule has 0 saturated carbocycles. The highest BCUT2D eigenvalue weighted by atomic mass is 16.3. The van der Waals surface area contributed by atoms with Crippen LogP contribution in [0.1, 0.15) is 36.8 Å². The molecule has 2 heterocycles. The van der Waals surface area contributed by atoms with Crippen molar-refractivity contribution in [3.63, 3.8) is 0 Å². The molecule has 2 aromatic rings. The second-order valence-corrected chi connectivity index (χ2v) is 6.25. The fourth-order valence-corrected chi connectivity index (χ4v) is 3.41. The van der Waals surface area contributed by atoms with Crippen LogP contribution in [-0.4, -0.2) is 39.3 Å². The molecule has 118 valence electrons. The third-order valence-electron chi connectivity index (χ3n) is 4.67. The lowest BCUT2D eigenvalue weighted by molar-refractivity contribution is 0.142. The van der Waals surface area contributed by atoms with Crippen molar-refractivity contribution >= 4 is 0 Å². The van der Waals surface area contributed by atoms with E-state index in [9.17, 15) is 5.11 Å². The van der Waals surface area contributed by atoms with Gasteiger partial charge in [0.05, 0.1) is 6.20 Å². The van der Waals surface area contributed by atoms with E-state index in [2.05, 4.69) is 21.2 Å². The van der Waals surface area contributed by atoms with Gasteiger partial charge >= 0.3 is 0 Å². The molecule has 1 atom stereocenters. The van der Waals surface area contributed by atoms with E-state index >= 15 is 0 Å². The maximum absolute atomic E-state index is 9.57. The summed E-state index contributed by atoms with van der Waals surface area (Å²) in [6.07, 6.45) is 11.2. The van der Waals surface area contributed by atoms with Crippen LogP contribution >= 0.6 is 0 Å². The number of benzene rings is 1. The number of H-pyrrole nitrogens is 1. The third-order valence-corrected chi connectivity index (χ3v) is 4.67. The molecule has 1 aromatic heterocycles. The Morgan fingerprint density at radius 1 is 1.23 bits per heavy atom. The van der Waals surface area contributed by atoms with Gasteiger partial charge in [-0.2, -0.15) is 5.10 Å². The Morgan fingerprint density at radius 2 is 2.18 bits per heavy atom. The van der Waals surface area contributed by atoms with Crippen molar-refractivity contribution in [3.05, 3.63) is 47.8 Å². The zero-order valence-electron chi connectivity index (χ0n) is 13.0. The van der Waals surface area contributed by atoms with Gasteiger partial charge in [0.25, 0.3) is 0 Å². The van der Waals surface area contributed by atoms with Crippen LogP contribution in [0.4, 0.5) is 0 Å². The van der Waals surface area contributed by atoms with E-state index in [4.69, 9.17) is 0 Å². The van der Waals surface area contributed by atoms with Crippen molar-refractivity contribution in [2.45, 2.75) is 44.6 Å². The fourth-order valence-electron chi connectivity index (χ4n) is 3.41. The highest BCUT2D eigenvalue weighted by Gasteiger charge is 2.21. The molecular formula is C18H25N3O. The molecule has 4 heteroatoms. The Labute approximate surface area is 132 Å². The van der Waals surface area contributed by atoms with Crippen molar-refractivity contribution in [2.75, 3.05) is 13.1 Å². The Morgan fingerprint density at radius 3 is 3.00 bits per heavy atom. The molecule has 0 radical (unpaired) electrons. The van der Waals surface area contributed by atoms with Gasteiger partial charge in [-0.1, -0.05) is 18.6 Å². The van der Waals surface area contributed by atoms with Crippen molar-refractivity contribution in [3.8, 4) is 5.75 Å². The average Bonchev–Trinajstić information content (AvgIpc) is 3.05. The lowest BCUT2D eigenvalue weighted by Gasteiger charge is -2.36. The van der Waals surface area contributed by atoms with Gasteiger partial charge in [-0.3, -0.25) is 5.10 Å². The Kier molecular flexibility index (Phi) is 5.11. The first kappa shape index (κ1) is 15.1. The van der Waals surface area contributed by atoms with Crippen LogP contribution in [0.3, 0.4) is 0 Å². The highest BCUT2D eigenvalue weighted by molar-refractivity contribution is 5.27. The summed E-state index contributed by atoms with van der Waals surface area (Å²) in [6, 6.07) is 8.34. The smallest absolute Gasteiger partial charge is 0.115 e. The summed E-state index contributed by atoms with van der Waals surface area (Å²) in [5.41, 5.74) is 2.53. The maximum Gasteiger partial charge on any atom is 0.115 e. The SMILES string of the molecule is Oc1cccc(CC[C@@H]2CCCCN2CCc2cn[nH]c2)c1. The second-order valence-electron chi connectivity index (χ2n) is 6.25. The number of phenols is 1. The molecule has 1 saturated heterocycles. The first-order valence-corrected chi connectivity index (χ1v) is 8.31. The van der Waals surface area contributed by atoms with E-state index in [1.54, 1.807) is 6.07 Å². The number of piperidine rings is 1. The molecule has 2 N–H and O–H groups in total. The Bertz CT molecular complexity index is 567. The number of aryl methyl sites for hydroxylation is 1. The van der Waals surface area contributed by atoms with E-state index in [1.807, 2.05) is 24.5 Å². The van der Waals surface area contributed by atoms with Gasteiger partial charge in [-0.05, 0) is 61.9 Å². The maximum atomic E-state index is 9.57. The first-order valence-electron chi connectivity index (χ1n) is 8.31. The molecule has 1 aliphatic heterocycles. The van der Waals surface area contributed by atoms with Gasteiger partial charge in [0.1, 0.15) is 5.75 Å². The van der Waals surface area contributed by atoms with Gasteiger partial charge in [-0.25, -0.2) is 0 Å². The molecule has 3 rings (SSSR count). The molecule has 4 nitrogen and oxygen atoms in total. The van der Waals surface area contributed by atoms with Gasteiger partial charge < -0.3 is 10.0 Å². The third kappa shape index (κ3) is 4.10. The number of hydrogen-bond acceptors (Lipinski definition) is 3. The normalized spacial score (nSPS) is 19.4. The fraction of sp³-hybridized carbons (Fsp3) is 0.500. The summed E-state index contributed by atoms with van der Waals surface area (Å²) in [4.78, 5) is 2.64. The Balaban J connectivity index is 1.53. The lowest BCUT2D eigenvalue weighted by atomic mass is 9.95. The summed E-state index contributed by atoms with van der Waals surface area (Å²) in [6.45, 7) is 2.33. The van der Waals surface area contributed by atoms with Crippen LogP contribution in [0.25, 0.3) is 0 Å². The quantitative estimate of drug-likeness (QED) is 0.861. The van der Waals surface area contributed by atoms with Gasteiger partial charge in [0.15, 0.2) is 0 Å². The monoisotopic (exact) mass is 299 g/mol. The van der Waals surface area contributed by atoms with E-state index in [0.29, 0.717) is 11.8 Å². The molecule has 0 spiro atoms. The zero-order chi connectivity index (χ0) is 15.2. The molecule has 0 unspecified atom stereocenters. The number of nitrogens with zero attached hydrogens (tertiary/aromatic N) is 2. The number of phenolic OH excluding ortho intramolecular Hbond substituents is 1. The van der Waals surface area contributed by atoms with Gasteiger partial charge in [-0.15, -0.1) is 0 Å². The van der Waals surface area contributed by atoms with Crippen molar-refractivity contribution in [1.82, 2.24) is 15.1 Å². The first-order chi connectivity index (χ1) is 10.8. The van der Waals surface area contributed by atoms with E-state index in [1.165, 1.54) is 43.4 Å². The topological polar surface area (TPSA) is 52.1 Å². The molecule has 0 bridgehead atoms. The van der Waals surface area contributed by atoms with Crippen LogP contribution < -0.4 is 0 Å². The summed E-state index contributed by atoms with van der Waals surface area (Å²) in [5, 5.41) is 16.5. The standard InChI is InChI=1S/C18H25N3O/c22-18-6-3-4-15(12-18)7-8-17-5-1-2-10-21(17)11-9-16-13-19-20-14-16/h3-4,6,12-14,17,22H,1-2,5,7-11H2,(H,19,20)/t17-/m0/s1. The summed E-state index contributed by atoms with van der Waals surface area (Å²) in [5.74, 6) is 0.373. The minimum absolute atomic E-state index is 0.373. The molecule has 0 amide bonds. The largest absolute Gasteiger partial charge is 0.508 e. The summed E-state index contributed by atoms with van der Waals surface area (Å²) >= 11 is 0. The molecule has 1 aliphatic rings. The second kappa shape index (κ2) is 7.45. The van der Waals surface area contributed by atoms with E-state index in [-0.39, 0.29) is 0 Å². The summed E-state index contributed by atoms with van der Waals surface area (Å²) in [7, 11) is 0. The number of hydrogen-bond donors (Lipinski definition) is 2. The number of aromatic amines is 1. The van der Waals surface area contributed by atoms with E-state index in [0.717, 1.165) is 19.4 Å². The molecule has 0 aliphatic carbocycles. The number of rotatable bonds is 6. The number of aromatic hydroxyl groups is 1. The Hall–Kier alpha value is -1.81. The van der Waals surface area contributed by atoms with Crippen LogP contribution in [0, 0.1) is 0 Å². The zero-order valence-corrected chi connectivity index (χ0v) is 13.0. The van der Waals surface area contributed by atoms with Crippen molar-refractivity contribution in [2.24, 2.45) is 0 Å². The molecule has 1 aromatic carbocycles. The van der Waals surface area contributed by atoms with Crippen molar-refractivity contribution < 1.29 is 5.11 Å². The minimum Gasteiger partial charge on any atom is -0.508 e. The van der Waals surface area contributed by atoms with Crippen LogP contribution in [0.5, 0.6) is 5.75 Å². The highest BCUT2D eigenvalue weighted by Crippen LogP contribution is 2.22. The number of likely N-dealkylation sites (tertiary alicyclic amines) is 1. The van der Waals surface area contributed by atoms with Crippen LogP contribution in [0.2, 0.25) is 0 Å². The number of nitrogens with one attached hydrogen (secondary N) is 1. The molecule has 22 heavy (non-hydrogen) atoms. The lowest BCUT2D eigenvalue weighted by Crippen LogP contribution is -2.40. The predicted molar refractivity (Wildman–Crippen MR) is 87.9 cm³/mol. The number of aromatic nitrogens is 2. The van der Waals surface area contributed by atoms with Gasteiger partial charge in [0.2, 0.25) is 0 Å².